The van der Waals surface area contributed by atoms with Crippen molar-refractivity contribution in [3.8, 4) is 0 Å². The number of aromatic nitrogens is 1. The van der Waals surface area contributed by atoms with Crippen molar-refractivity contribution < 1.29 is 13.6 Å². The molecule has 136 valence electrons. The summed E-state index contributed by atoms with van der Waals surface area (Å²) in [5.74, 6) is -0.774. The summed E-state index contributed by atoms with van der Waals surface area (Å²) in [6.45, 7) is 0.164. The van der Waals surface area contributed by atoms with Gasteiger partial charge in [-0.1, -0.05) is 30.9 Å². The van der Waals surface area contributed by atoms with Gasteiger partial charge in [-0.2, -0.15) is 0 Å². The first-order chi connectivity index (χ1) is 12.5. The van der Waals surface area contributed by atoms with Crippen LogP contribution in [0.4, 0.5) is 26.0 Å². The zero-order chi connectivity index (χ0) is 18.3. The van der Waals surface area contributed by atoms with Gasteiger partial charge in [0, 0.05) is 17.5 Å². The number of fused-ring (bicyclic) bond motifs is 2. The van der Waals surface area contributed by atoms with Crippen molar-refractivity contribution in [1.82, 2.24) is 4.98 Å². The second-order valence-electron chi connectivity index (χ2n) is 6.83. The lowest BCUT2D eigenvalue weighted by atomic mass is 9.88. The number of carbonyl (C=O) groups excluding carboxylic acids is 1. The lowest BCUT2D eigenvalue weighted by Gasteiger charge is -2.29. The van der Waals surface area contributed by atoms with Crippen LogP contribution >= 0.6 is 11.6 Å². The van der Waals surface area contributed by atoms with Gasteiger partial charge in [0.1, 0.15) is 17.5 Å². The van der Waals surface area contributed by atoms with Gasteiger partial charge in [-0.25, -0.2) is 13.8 Å². The smallest absolute Gasteiger partial charge is 0.230 e. The van der Waals surface area contributed by atoms with Crippen LogP contribution in [-0.2, 0) is 11.3 Å². The number of nitrogens with zero attached hydrogens (tertiary/aromatic N) is 2. The minimum Gasteiger partial charge on any atom is -0.338 e. The SMILES string of the molecule is O=C(C1CCCCC1)N1Cc2cc(F)cnc2Nc2cc(F)c(Cl)cc21. The standard InChI is InChI=1S/C19H18ClF2N3O/c20-14-7-17-16(8-15(14)22)24-18-12(6-13(21)9-23-18)10-25(17)19(26)11-4-2-1-3-5-11/h6-9,11H,1-5,10H2,(H,23,24). The average molecular weight is 378 g/mol. The number of carbonyl (C=O) groups is 1. The summed E-state index contributed by atoms with van der Waals surface area (Å²) in [6, 6.07) is 4.04. The molecule has 1 N–H and O–H groups in total. The molecule has 0 unspecified atom stereocenters. The molecule has 1 aliphatic carbocycles. The predicted octanol–water partition coefficient (Wildman–Crippen LogP) is 5.18. The van der Waals surface area contributed by atoms with Crippen molar-refractivity contribution in [2.75, 3.05) is 10.2 Å². The van der Waals surface area contributed by atoms with Crippen LogP contribution in [0.2, 0.25) is 5.02 Å². The van der Waals surface area contributed by atoms with Gasteiger partial charge in [0.2, 0.25) is 5.91 Å². The highest BCUT2D eigenvalue weighted by Gasteiger charge is 2.31. The number of amides is 1. The van der Waals surface area contributed by atoms with E-state index in [0.29, 0.717) is 22.8 Å². The molecular weight excluding hydrogens is 360 g/mol. The monoisotopic (exact) mass is 377 g/mol. The Hall–Kier alpha value is -2.21. The fourth-order valence-electron chi connectivity index (χ4n) is 3.72. The zero-order valence-electron chi connectivity index (χ0n) is 14.1. The van der Waals surface area contributed by atoms with Crippen molar-refractivity contribution in [3.63, 3.8) is 0 Å². The third-order valence-electron chi connectivity index (χ3n) is 5.06. The Morgan fingerprint density at radius 3 is 2.73 bits per heavy atom. The number of hydrogen-bond acceptors (Lipinski definition) is 3. The summed E-state index contributed by atoms with van der Waals surface area (Å²) >= 11 is 5.97. The Morgan fingerprint density at radius 2 is 1.96 bits per heavy atom. The van der Waals surface area contributed by atoms with Gasteiger partial charge in [-0.3, -0.25) is 4.79 Å². The molecule has 0 bridgehead atoms. The number of anilines is 3. The normalized spacial score (nSPS) is 17.1. The molecular formula is C19H18ClF2N3O. The molecule has 0 saturated heterocycles. The zero-order valence-corrected chi connectivity index (χ0v) is 14.8. The van der Waals surface area contributed by atoms with Crippen LogP contribution in [-0.4, -0.2) is 10.9 Å². The van der Waals surface area contributed by atoms with Gasteiger partial charge < -0.3 is 10.2 Å². The largest absolute Gasteiger partial charge is 0.338 e. The summed E-state index contributed by atoms with van der Waals surface area (Å²) in [5, 5.41) is 2.96. The number of benzene rings is 1. The van der Waals surface area contributed by atoms with E-state index in [0.717, 1.165) is 38.3 Å². The van der Waals surface area contributed by atoms with Crippen molar-refractivity contribution in [1.29, 1.82) is 0 Å². The fraction of sp³-hybridized carbons (Fsp3) is 0.368. The Morgan fingerprint density at radius 1 is 1.19 bits per heavy atom. The molecule has 1 aromatic heterocycles. The summed E-state index contributed by atoms with van der Waals surface area (Å²) in [7, 11) is 0. The van der Waals surface area contributed by atoms with Crippen molar-refractivity contribution in [3.05, 3.63) is 46.6 Å². The van der Waals surface area contributed by atoms with E-state index in [1.54, 1.807) is 4.90 Å². The average Bonchev–Trinajstić information content (AvgIpc) is 2.79. The number of hydrogen-bond donors (Lipinski definition) is 1. The van der Waals surface area contributed by atoms with E-state index in [-0.39, 0.29) is 23.4 Å². The van der Waals surface area contributed by atoms with Crippen LogP contribution in [0.5, 0.6) is 0 Å². The highest BCUT2D eigenvalue weighted by Crippen LogP contribution is 2.39. The molecule has 26 heavy (non-hydrogen) atoms. The Labute approximate surface area is 155 Å². The van der Waals surface area contributed by atoms with E-state index < -0.39 is 11.6 Å². The summed E-state index contributed by atoms with van der Waals surface area (Å²) in [5.41, 5.74) is 1.43. The quantitative estimate of drug-likeness (QED) is 0.744. The first kappa shape index (κ1) is 17.2. The van der Waals surface area contributed by atoms with E-state index in [9.17, 15) is 13.6 Å². The van der Waals surface area contributed by atoms with Gasteiger partial charge in [-0.05, 0) is 25.0 Å². The molecule has 7 heteroatoms. The first-order valence-corrected chi connectivity index (χ1v) is 9.12. The fourth-order valence-corrected chi connectivity index (χ4v) is 3.88. The van der Waals surface area contributed by atoms with Gasteiger partial charge in [-0.15, -0.1) is 0 Å². The van der Waals surface area contributed by atoms with Crippen LogP contribution in [0.1, 0.15) is 37.7 Å². The van der Waals surface area contributed by atoms with E-state index in [1.807, 2.05) is 0 Å². The van der Waals surface area contributed by atoms with Gasteiger partial charge in [0.05, 0.1) is 29.1 Å². The van der Waals surface area contributed by atoms with Crippen LogP contribution in [0, 0.1) is 17.6 Å². The second-order valence-corrected chi connectivity index (χ2v) is 7.24. The van der Waals surface area contributed by atoms with Crippen molar-refractivity contribution in [2.24, 2.45) is 5.92 Å². The van der Waals surface area contributed by atoms with Crippen LogP contribution in [0.3, 0.4) is 0 Å². The van der Waals surface area contributed by atoms with Gasteiger partial charge >= 0.3 is 0 Å². The van der Waals surface area contributed by atoms with E-state index in [1.165, 1.54) is 18.2 Å². The Bertz CT molecular complexity index is 868. The molecule has 2 heterocycles. The molecule has 0 spiro atoms. The topological polar surface area (TPSA) is 45.2 Å². The molecule has 2 aliphatic rings. The van der Waals surface area contributed by atoms with Crippen LogP contribution in [0.25, 0.3) is 0 Å². The second kappa shape index (κ2) is 6.83. The molecule has 4 nitrogen and oxygen atoms in total. The van der Waals surface area contributed by atoms with Crippen LogP contribution in [0.15, 0.2) is 24.4 Å². The molecule has 1 aromatic carbocycles. The molecule has 1 amide bonds. The molecule has 4 rings (SSSR count). The number of halogens is 3. The van der Waals surface area contributed by atoms with E-state index >= 15 is 0 Å². The maximum Gasteiger partial charge on any atom is 0.230 e. The molecule has 1 fully saturated rings. The van der Waals surface area contributed by atoms with Gasteiger partial charge in [0.25, 0.3) is 0 Å². The molecule has 1 saturated carbocycles. The maximum atomic E-state index is 14.0. The number of pyridine rings is 1. The third-order valence-corrected chi connectivity index (χ3v) is 5.35. The Balaban J connectivity index is 1.80. The van der Waals surface area contributed by atoms with Crippen molar-refractivity contribution >= 4 is 34.7 Å². The number of nitrogens with one attached hydrogen (secondary N) is 1. The number of rotatable bonds is 1. The first-order valence-electron chi connectivity index (χ1n) is 8.75. The van der Waals surface area contributed by atoms with E-state index in [4.69, 9.17) is 11.6 Å². The Kier molecular flexibility index (Phi) is 4.53. The van der Waals surface area contributed by atoms with Crippen LogP contribution < -0.4 is 10.2 Å². The minimum atomic E-state index is -0.589. The molecule has 2 aromatic rings. The van der Waals surface area contributed by atoms with Crippen molar-refractivity contribution in [2.45, 2.75) is 38.6 Å². The lowest BCUT2D eigenvalue weighted by Crippen LogP contribution is -2.36. The van der Waals surface area contributed by atoms with E-state index in [2.05, 4.69) is 10.3 Å². The molecule has 0 radical (unpaired) electrons. The maximum absolute atomic E-state index is 14.0. The molecule has 1 aliphatic heterocycles. The third kappa shape index (κ3) is 3.14. The molecule has 0 atom stereocenters. The lowest BCUT2D eigenvalue weighted by molar-refractivity contribution is -0.123. The highest BCUT2D eigenvalue weighted by molar-refractivity contribution is 6.31. The summed E-state index contributed by atoms with van der Waals surface area (Å²) < 4.78 is 27.7. The van der Waals surface area contributed by atoms with Gasteiger partial charge in [0.15, 0.2) is 0 Å². The predicted molar refractivity (Wildman–Crippen MR) is 96.7 cm³/mol. The summed E-state index contributed by atoms with van der Waals surface area (Å²) in [4.78, 5) is 18.8. The summed E-state index contributed by atoms with van der Waals surface area (Å²) in [6.07, 6.45) is 5.94. The highest BCUT2D eigenvalue weighted by atomic mass is 35.5. The minimum absolute atomic E-state index is 0.0347.